The Morgan fingerprint density at radius 3 is 2.96 bits per heavy atom. The zero-order valence-corrected chi connectivity index (χ0v) is 14.0. The fourth-order valence-corrected chi connectivity index (χ4v) is 2.55. The summed E-state index contributed by atoms with van der Waals surface area (Å²) >= 11 is 0. The molecule has 1 aromatic heterocycles. The monoisotopic (exact) mass is 332 g/mol. The summed E-state index contributed by atoms with van der Waals surface area (Å²) in [5.74, 6) is -0.701. The second-order valence-electron chi connectivity index (χ2n) is 5.57. The van der Waals surface area contributed by atoms with E-state index in [1.807, 2.05) is 0 Å². The van der Waals surface area contributed by atoms with Gasteiger partial charge < -0.3 is 14.8 Å². The van der Waals surface area contributed by atoms with Gasteiger partial charge in [-0.15, -0.1) is 0 Å². The van der Waals surface area contributed by atoms with Crippen LogP contribution in [0.1, 0.15) is 49.4 Å². The van der Waals surface area contributed by atoms with E-state index in [1.54, 1.807) is 19.1 Å². The lowest BCUT2D eigenvalue weighted by Crippen LogP contribution is -2.30. The third kappa shape index (κ3) is 5.68. The standard InChI is InChI=1S/C18H24N2O4/c1-2-23-17-15(9-6-11-20-17)18(22)24-13-16(21)19-12-10-14-7-4-3-5-8-14/h6-7,9,11H,2-5,8,10,12-13H2,1H3,(H,19,21). The summed E-state index contributed by atoms with van der Waals surface area (Å²) in [5.41, 5.74) is 1.62. The van der Waals surface area contributed by atoms with Crippen LogP contribution in [0.25, 0.3) is 0 Å². The number of allylic oxidation sites excluding steroid dienone is 1. The molecular weight excluding hydrogens is 308 g/mol. The molecule has 24 heavy (non-hydrogen) atoms. The predicted octanol–water partition coefficient (Wildman–Crippen LogP) is 2.64. The van der Waals surface area contributed by atoms with Crippen LogP contribution in [0.4, 0.5) is 0 Å². The van der Waals surface area contributed by atoms with E-state index in [2.05, 4.69) is 16.4 Å². The zero-order valence-electron chi connectivity index (χ0n) is 14.0. The van der Waals surface area contributed by atoms with Crippen LogP contribution < -0.4 is 10.1 Å². The number of hydrogen-bond donors (Lipinski definition) is 1. The number of esters is 1. The average Bonchev–Trinajstić information content (AvgIpc) is 2.61. The first-order valence-electron chi connectivity index (χ1n) is 8.40. The number of hydrogen-bond acceptors (Lipinski definition) is 5. The summed E-state index contributed by atoms with van der Waals surface area (Å²) < 4.78 is 10.3. The van der Waals surface area contributed by atoms with Gasteiger partial charge in [0.2, 0.25) is 5.88 Å². The Balaban J connectivity index is 1.73. The molecule has 0 atom stereocenters. The fraction of sp³-hybridized carbons (Fsp3) is 0.500. The summed E-state index contributed by atoms with van der Waals surface area (Å²) in [4.78, 5) is 27.8. The number of nitrogens with zero attached hydrogens (tertiary/aromatic N) is 1. The van der Waals surface area contributed by atoms with E-state index in [0.29, 0.717) is 13.2 Å². The van der Waals surface area contributed by atoms with Crippen LogP contribution in [0.15, 0.2) is 30.0 Å². The van der Waals surface area contributed by atoms with Crippen molar-refractivity contribution in [1.82, 2.24) is 10.3 Å². The van der Waals surface area contributed by atoms with Gasteiger partial charge >= 0.3 is 5.97 Å². The number of amides is 1. The minimum absolute atomic E-state index is 0.217. The lowest BCUT2D eigenvalue weighted by atomic mass is 9.97. The Morgan fingerprint density at radius 2 is 2.21 bits per heavy atom. The summed E-state index contributed by atoms with van der Waals surface area (Å²) in [5, 5.41) is 2.77. The van der Waals surface area contributed by atoms with E-state index in [0.717, 1.165) is 19.3 Å². The molecule has 0 aliphatic heterocycles. The van der Waals surface area contributed by atoms with Gasteiger partial charge in [0.1, 0.15) is 5.56 Å². The van der Waals surface area contributed by atoms with Crippen molar-refractivity contribution in [2.24, 2.45) is 0 Å². The van der Waals surface area contributed by atoms with Gasteiger partial charge in [0.25, 0.3) is 5.91 Å². The molecule has 0 radical (unpaired) electrons. The highest BCUT2D eigenvalue weighted by Crippen LogP contribution is 2.19. The van der Waals surface area contributed by atoms with Gasteiger partial charge in [-0.25, -0.2) is 9.78 Å². The second-order valence-corrected chi connectivity index (χ2v) is 5.57. The highest BCUT2D eigenvalue weighted by molar-refractivity contribution is 5.93. The topological polar surface area (TPSA) is 77.5 Å². The van der Waals surface area contributed by atoms with E-state index in [9.17, 15) is 9.59 Å². The number of carbonyl (C=O) groups excluding carboxylic acids is 2. The molecule has 0 spiro atoms. The van der Waals surface area contributed by atoms with Gasteiger partial charge in [-0.05, 0) is 51.2 Å². The Hall–Kier alpha value is -2.37. The number of pyridine rings is 1. The van der Waals surface area contributed by atoms with Gasteiger partial charge in [0.15, 0.2) is 6.61 Å². The molecule has 0 unspecified atom stereocenters. The zero-order chi connectivity index (χ0) is 17.2. The summed E-state index contributed by atoms with van der Waals surface area (Å²) in [7, 11) is 0. The quantitative estimate of drug-likeness (QED) is 0.585. The van der Waals surface area contributed by atoms with Crippen LogP contribution in [-0.4, -0.2) is 36.6 Å². The number of nitrogens with one attached hydrogen (secondary N) is 1. The SMILES string of the molecule is CCOc1ncccc1C(=O)OCC(=O)NCCC1=CCCCC1. The van der Waals surface area contributed by atoms with Crippen molar-refractivity contribution in [3.63, 3.8) is 0 Å². The number of aromatic nitrogens is 1. The molecule has 2 rings (SSSR count). The molecule has 1 N–H and O–H groups in total. The molecule has 6 heteroatoms. The number of carbonyl (C=O) groups is 2. The molecule has 1 amide bonds. The van der Waals surface area contributed by atoms with Crippen molar-refractivity contribution < 1.29 is 19.1 Å². The van der Waals surface area contributed by atoms with Crippen LogP contribution in [0.5, 0.6) is 5.88 Å². The first kappa shape index (κ1) is 18.0. The maximum atomic E-state index is 12.0. The van der Waals surface area contributed by atoms with Gasteiger partial charge in [0.05, 0.1) is 6.61 Å². The molecule has 0 bridgehead atoms. The molecule has 1 heterocycles. The fourth-order valence-electron chi connectivity index (χ4n) is 2.55. The predicted molar refractivity (Wildman–Crippen MR) is 89.9 cm³/mol. The first-order valence-corrected chi connectivity index (χ1v) is 8.40. The highest BCUT2D eigenvalue weighted by atomic mass is 16.5. The molecule has 1 aromatic rings. The van der Waals surface area contributed by atoms with Crippen LogP contribution in [0.3, 0.4) is 0 Å². The Morgan fingerprint density at radius 1 is 1.33 bits per heavy atom. The number of rotatable bonds is 8. The molecule has 0 saturated heterocycles. The Labute approximate surface area is 142 Å². The second kappa shape index (κ2) is 9.70. The van der Waals surface area contributed by atoms with Gasteiger partial charge in [-0.3, -0.25) is 4.79 Å². The van der Waals surface area contributed by atoms with Crippen molar-refractivity contribution in [2.75, 3.05) is 19.8 Å². The molecule has 0 aromatic carbocycles. The van der Waals surface area contributed by atoms with Crippen LogP contribution >= 0.6 is 0 Å². The van der Waals surface area contributed by atoms with Crippen molar-refractivity contribution in [1.29, 1.82) is 0 Å². The smallest absolute Gasteiger partial charge is 0.344 e. The summed E-state index contributed by atoms with van der Waals surface area (Å²) in [6.07, 6.45) is 9.38. The van der Waals surface area contributed by atoms with Crippen molar-refractivity contribution in [3.8, 4) is 5.88 Å². The minimum Gasteiger partial charge on any atom is -0.477 e. The van der Waals surface area contributed by atoms with E-state index >= 15 is 0 Å². The van der Waals surface area contributed by atoms with Crippen LogP contribution in [-0.2, 0) is 9.53 Å². The molecule has 1 aliphatic rings. The maximum Gasteiger partial charge on any atom is 0.344 e. The van der Waals surface area contributed by atoms with Crippen molar-refractivity contribution in [3.05, 3.63) is 35.5 Å². The van der Waals surface area contributed by atoms with Crippen molar-refractivity contribution in [2.45, 2.75) is 39.0 Å². The lowest BCUT2D eigenvalue weighted by Gasteiger charge is -2.13. The van der Waals surface area contributed by atoms with E-state index in [-0.39, 0.29) is 24.0 Å². The normalized spacial score (nSPS) is 13.8. The summed E-state index contributed by atoms with van der Waals surface area (Å²) in [6.45, 7) is 2.46. The Kier molecular flexibility index (Phi) is 7.26. The summed E-state index contributed by atoms with van der Waals surface area (Å²) in [6, 6.07) is 3.19. The molecule has 0 saturated carbocycles. The van der Waals surface area contributed by atoms with Crippen LogP contribution in [0.2, 0.25) is 0 Å². The average molecular weight is 332 g/mol. The third-order valence-corrected chi connectivity index (χ3v) is 3.76. The first-order chi connectivity index (χ1) is 11.7. The Bertz CT molecular complexity index is 598. The van der Waals surface area contributed by atoms with Gasteiger partial charge in [-0.1, -0.05) is 11.6 Å². The van der Waals surface area contributed by atoms with Crippen molar-refractivity contribution >= 4 is 11.9 Å². The van der Waals surface area contributed by atoms with E-state index < -0.39 is 5.97 Å². The lowest BCUT2D eigenvalue weighted by molar-refractivity contribution is -0.124. The molecular formula is C18H24N2O4. The molecule has 6 nitrogen and oxygen atoms in total. The van der Waals surface area contributed by atoms with Gasteiger partial charge in [0, 0.05) is 12.7 Å². The number of ether oxygens (including phenoxy) is 2. The minimum atomic E-state index is -0.614. The van der Waals surface area contributed by atoms with Crippen LogP contribution in [0, 0.1) is 0 Å². The largest absolute Gasteiger partial charge is 0.477 e. The molecule has 130 valence electrons. The van der Waals surface area contributed by atoms with E-state index in [4.69, 9.17) is 9.47 Å². The van der Waals surface area contributed by atoms with E-state index in [1.165, 1.54) is 24.6 Å². The van der Waals surface area contributed by atoms with Gasteiger partial charge in [-0.2, -0.15) is 0 Å². The highest BCUT2D eigenvalue weighted by Gasteiger charge is 2.16. The third-order valence-electron chi connectivity index (χ3n) is 3.76. The maximum absolute atomic E-state index is 12.0. The molecule has 0 fully saturated rings. The molecule has 1 aliphatic carbocycles.